The highest BCUT2D eigenvalue weighted by Gasteiger charge is 2.25. The first-order chi connectivity index (χ1) is 17.9. The van der Waals surface area contributed by atoms with Crippen LogP contribution in [0.4, 0.5) is 0 Å². The summed E-state index contributed by atoms with van der Waals surface area (Å²) in [5, 5.41) is 10.1. The van der Waals surface area contributed by atoms with Crippen molar-refractivity contribution in [1.29, 1.82) is 0 Å². The number of rotatable bonds is 1. The van der Waals surface area contributed by atoms with Gasteiger partial charge in [-0.2, -0.15) is 0 Å². The van der Waals surface area contributed by atoms with E-state index in [1.165, 1.54) is 65.3 Å². The highest BCUT2D eigenvalue weighted by molar-refractivity contribution is 6.28. The van der Waals surface area contributed by atoms with Crippen LogP contribution in [0.25, 0.3) is 54.2 Å². The van der Waals surface area contributed by atoms with Gasteiger partial charge in [-0.25, -0.2) is 0 Å². The molecule has 0 saturated carbocycles. The van der Waals surface area contributed by atoms with E-state index in [-0.39, 0.29) is 0 Å². The molecular weight excluding hydrogens is 436 g/mol. The molecule has 36 heavy (non-hydrogen) atoms. The minimum Gasteiger partial charge on any atom is -0.456 e. The maximum atomic E-state index is 6.71. The molecule has 1 nitrogen and oxygen atoms in total. The first-order valence-electron chi connectivity index (χ1n) is 12.5. The summed E-state index contributed by atoms with van der Waals surface area (Å²) < 4.78 is 6.71. The highest BCUT2D eigenvalue weighted by atomic mass is 16.5. The number of para-hydroxylation sites is 1. The van der Waals surface area contributed by atoms with E-state index in [9.17, 15) is 0 Å². The molecule has 0 radical (unpaired) electrons. The van der Waals surface area contributed by atoms with Crippen LogP contribution < -0.4 is 4.74 Å². The van der Waals surface area contributed by atoms with Crippen LogP contribution in [0.5, 0.6) is 11.5 Å². The third-order valence-corrected chi connectivity index (χ3v) is 7.72. The third-order valence-electron chi connectivity index (χ3n) is 7.72. The van der Waals surface area contributed by atoms with Gasteiger partial charge in [-0.05, 0) is 60.5 Å². The lowest BCUT2D eigenvalue weighted by Crippen LogP contribution is -2.05. The lowest BCUT2D eigenvalue weighted by Gasteiger charge is -2.25. The topological polar surface area (TPSA) is 9.23 Å². The molecule has 0 aromatic heterocycles. The van der Waals surface area contributed by atoms with E-state index in [1.807, 2.05) is 0 Å². The standard InChI is InChI=1S/C35H22O/c1-2-9-22(10-3-1)25-14-8-15-28-27(25)19-20-29-31-21-24-12-5-7-16-32(24)36-35(31)34-26-13-6-4-11-23(26)17-18-30(34)33(28)29/h1-20H,21H2. The van der Waals surface area contributed by atoms with Gasteiger partial charge in [-0.3, -0.25) is 0 Å². The summed E-state index contributed by atoms with van der Waals surface area (Å²) in [6, 6.07) is 43.7. The van der Waals surface area contributed by atoms with Crippen molar-refractivity contribution in [3.8, 4) is 22.6 Å². The van der Waals surface area contributed by atoms with Gasteiger partial charge in [0.05, 0.1) is 0 Å². The Labute approximate surface area is 209 Å². The maximum absolute atomic E-state index is 6.71. The molecule has 0 amide bonds. The van der Waals surface area contributed by atoms with Crippen LogP contribution in [0.2, 0.25) is 0 Å². The second-order valence-corrected chi connectivity index (χ2v) is 9.66. The van der Waals surface area contributed by atoms with Crippen molar-refractivity contribution in [1.82, 2.24) is 0 Å². The van der Waals surface area contributed by atoms with E-state index in [1.54, 1.807) is 0 Å². The Morgan fingerprint density at radius 2 is 1.22 bits per heavy atom. The molecule has 0 bridgehead atoms. The third kappa shape index (κ3) is 2.71. The van der Waals surface area contributed by atoms with Crippen molar-refractivity contribution < 1.29 is 4.74 Å². The zero-order chi connectivity index (χ0) is 23.6. The summed E-state index contributed by atoms with van der Waals surface area (Å²) in [4.78, 5) is 0. The van der Waals surface area contributed by atoms with E-state index < -0.39 is 0 Å². The Balaban J connectivity index is 1.57. The van der Waals surface area contributed by atoms with Crippen LogP contribution >= 0.6 is 0 Å². The van der Waals surface area contributed by atoms with Gasteiger partial charge in [0.15, 0.2) is 0 Å². The van der Waals surface area contributed by atoms with E-state index in [4.69, 9.17) is 4.74 Å². The molecule has 0 saturated heterocycles. The second-order valence-electron chi connectivity index (χ2n) is 9.66. The molecule has 8 rings (SSSR count). The molecule has 7 aromatic carbocycles. The zero-order valence-corrected chi connectivity index (χ0v) is 19.7. The normalized spacial score (nSPS) is 12.6. The summed E-state index contributed by atoms with van der Waals surface area (Å²) in [6.45, 7) is 0. The number of benzene rings is 7. The summed E-state index contributed by atoms with van der Waals surface area (Å²) in [5.74, 6) is 1.97. The molecule has 168 valence electrons. The van der Waals surface area contributed by atoms with Gasteiger partial charge in [-0.15, -0.1) is 0 Å². The largest absolute Gasteiger partial charge is 0.456 e. The summed E-state index contributed by atoms with van der Waals surface area (Å²) in [7, 11) is 0. The monoisotopic (exact) mass is 458 g/mol. The molecule has 1 heteroatoms. The first kappa shape index (κ1) is 19.7. The number of hydrogen-bond acceptors (Lipinski definition) is 1. The molecular formula is C35H22O. The minimum absolute atomic E-state index is 0.866. The molecule has 0 N–H and O–H groups in total. The van der Waals surface area contributed by atoms with Gasteiger partial charge in [0.25, 0.3) is 0 Å². The van der Waals surface area contributed by atoms with Crippen LogP contribution in [0.1, 0.15) is 11.1 Å². The summed E-state index contributed by atoms with van der Waals surface area (Å²) in [6.07, 6.45) is 0.866. The molecule has 0 fully saturated rings. The van der Waals surface area contributed by atoms with E-state index in [0.717, 1.165) is 17.9 Å². The lowest BCUT2D eigenvalue weighted by atomic mass is 9.85. The summed E-state index contributed by atoms with van der Waals surface area (Å²) >= 11 is 0. The molecule has 1 aliphatic heterocycles. The number of ether oxygens (including phenoxy) is 1. The smallest absolute Gasteiger partial charge is 0.140 e. The van der Waals surface area contributed by atoms with Crippen molar-refractivity contribution in [2.75, 3.05) is 0 Å². The zero-order valence-electron chi connectivity index (χ0n) is 19.7. The minimum atomic E-state index is 0.866. The number of hydrogen-bond donors (Lipinski definition) is 0. The van der Waals surface area contributed by atoms with Crippen LogP contribution in [0, 0.1) is 0 Å². The lowest BCUT2D eigenvalue weighted by molar-refractivity contribution is 0.467. The fourth-order valence-electron chi connectivity index (χ4n) is 6.10. The van der Waals surface area contributed by atoms with Crippen molar-refractivity contribution in [2.24, 2.45) is 0 Å². The SMILES string of the molecule is c1ccc(-c2cccc3c2ccc2c4c(c5c6ccccc6ccc5c23)Oc2ccccc2C4)cc1. The van der Waals surface area contributed by atoms with E-state index in [0.29, 0.717) is 0 Å². The molecule has 0 spiro atoms. The molecule has 1 aliphatic rings. The Hall–Kier alpha value is -4.62. The Kier molecular flexibility index (Phi) is 4.06. The molecule has 7 aromatic rings. The van der Waals surface area contributed by atoms with Crippen LogP contribution in [0.3, 0.4) is 0 Å². The Morgan fingerprint density at radius 3 is 2.17 bits per heavy atom. The Morgan fingerprint density at radius 1 is 0.472 bits per heavy atom. The van der Waals surface area contributed by atoms with Gasteiger partial charge in [-0.1, -0.05) is 115 Å². The molecule has 0 aliphatic carbocycles. The van der Waals surface area contributed by atoms with E-state index in [2.05, 4.69) is 121 Å². The van der Waals surface area contributed by atoms with Gasteiger partial charge in [0.2, 0.25) is 0 Å². The van der Waals surface area contributed by atoms with Crippen molar-refractivity contribution in [3.05, 3.63) is 132 Å². The van der Waals surface area contributed by atoms with Crippen LogP contribution in [0.15, 0.2) is 121 Å². The van der Waals surface area contributed by atoms with Crippen molar-refractivity contribution >= 4 is 43.1 Å². The maximum Gasteiger partial charge on any atom is 0.140 e. The van der Waals surface area contributed by atoms with Crippen LogP contribution in [-0.2, 0) is 6.42 Å². The van der Waals surface area contributed by atoms with Gasteiger partial charge in [0.1, 0.15) is 11.5 Å². The molecule has 0 atom stereocenters. The fourth-order valence-corrected chi connectivity index (χ4v) is 6.10. The highest BCUT2D eigenvalue weighted by Crippen LogP contribution is 2.49. The average Bonchev–Trinajstić information content (AvgIpc) is 2.95. The summed E-state index contributed by atoms with van der Waals surface area (Å²) in [5.41, 5.74) is 5.03. The number of fused-ring (bicyclic) bond motifs is 11. The van der Waals surface area contributed by atoms with Gasteiger partial charge in [0, 0.05) is 17.4 Å². The first-order valence-corrected chi connectivity index (χ1v) is 12.5. The van der Waals surface area contributed by atoms with Crippen molar-refractivity contribution in [2.45, 2.75) is 6.42 Å². The van der Waals surface area contributed by atoms with E-state index >= 15 is 0 Å². The predicted molar refractivity (Wildman–Crippen MR) is 151 cm³/mol. The predicted octanol–water partition coefficient (Wildman–Crippen LogP) is 9.66. The van der Waals surface area contributed by atoms with Gasteiger partial charge >= 0.3 is 0 Å². The quantitative estimate of drug-likeness (QED) is 0.222. The molecule has 1 heterocycles. The van der Waals surface area contributed by atoms with Crippen LogP contribution in [-0.4, -0.2) is 0 Å². The van der Waals surface area contributed by atoms with Gasteiger partial charge < -0.3 is 4.74 Å². The second kappa shape index (κ2) is 7.44. The fraction of sp³-hybridized carbons (Fsp3) is 0.0286. The van der Waals surface area contributed by atoms with Crippen molar-refractivity contribution in [3.63, 3.8) is 0 Å². The Bertz CT molecular complexity index is 1980. The molecule has 0 unspecified atom stereocenters. The average molecular weight is 459 g/mol.